The SMILES string of the molecule is CC(C)C1OCCCC1CNC(=O)C1(N)CCCCC1. The van der Waals surface area contributed by atoms with E-state index in [0.29, 0.717) is 18.4 Å². The Hall–Kier alpha value is -0.610. The van der Waals surface area contributed by atoms with Crippen LogP contribution in [0, 0.1) is 11.8 Å². The second-order valence-electron chi connectivity index (χ2n) is 6.91. The van der Waals surface area contributed by atoms with Crippen LogP contribution in [0.1, 0.15) is 58.8 Å². The molecule has 1 amide bonds. The van der Waals surface area contributed by atoms with Gasteiger partial charge in [0.05, 0.1) is 11.6 Å². The first-order chi connectivity index (χ1) is 9.53. The molecule has 0 aromatic carbocycles. The molecule has 1 aliphatic carbocycles. The van der Waals surface area contributed by atoms with Crippen molar-refractivity contribution in [3.05, 3.63) is 0 Å². The monoisotopic (exact) mass is 282 g/mol. The predicted molar refractivity (Wildman–Crippen MR) is 80.3 cm³/mol. The third-order valence-corrected chi connectivity index (χ3v) is 4.87. The maximum Gasteiger partial charge on any atom is 0.240 e. The standard InChI is InChI=1S/C16H30N2O2/c1-12(2)14-13(7-6-10-20-14)11-18-15(19)16(17)8-4-3-5-9-16/h12-14H,3-11,17H2,1-2H3,(H,18,19). The lowest BCUT2D eigenvalue weighted by Gasteiger charge is -2.36. The average molecular weight is 282 g/mol. The minimum absolute atomic E-state index is 0.0466. The number of hydrogen-bond acceptors (Lipinski definition) is 3. The van der Waals surface area contributed by atoms with Crippen molar-refractivity contribution in [2.24, 2.45) is 17.6 Å². The topological polar surface area (TPSA) is 64.3 Å². The van der Waals surface area contributed by atoms with Gasteiger partial charge in [0.25, 0.3) is 0 Å². The van der Waals surface area contributed by atoms with Crippen LogP contribution in [0.15, 0.2) is 0 Å². The summed E-state index contributed by atoms with van der Waals surface area (Å²) in [6.07, 6.45) is 7.51. The van der Waals surface area contributed by atoms with Gasteiger partial charge in [0.15, 0.2) is 0 Å². The maximum absolute atomic E-state index is 12.4. The Kier molecular flexibility index (Phi) is 5.44. The number of amides is 1. The highest BCUT2D eigenvalue weighted by Crippen LogP contribution is 2.28. The van der Waals surface area contributed by atoms with Gasteiger partial charge in [-0.3, -0.25) is 4.79 Å². The van der Waals surface area contributed by atoms with Gasteiger partial charge in [0.2, 0.25) is 5.91 Å². The van der Waals surface area contributed by atoms with Crippen LogP contribution >= 0.6 is 0 Å². The zero-order valence-electron chi connectivity index (χ0n) is 13.0. The third kappa shape index (κ3) is 3.73. The van der Waals surface area contributed by atoms with E-state index in [4.69, 9.17) is 10.5 Å². The van der Waals surface area contributed by atoms with Gasteiger partial charge in [0.1, 0.15) is 0 Å². The Labute approximate surface area is 122 Å². The largest absolute Gasteiger partial charge is 0.378 e. The molecule has 1 heterocycles. The number of hydrogen-bond donors (Lipinski definition) is 2. The van der Waals surface area contributed by atoms with Gasteiger partial charge in [-0.15, -0.1) is 0 Å². The minimum Gasteiger partial charge on any atom is -0.378 e. The van der Waals surface area contributed by atoms with Crippen LogP contribution in [0.5, 0.6) is 0 Å². The molecule has 0 radical (unpaired) electrons. The van der Waals surface area contributed by atoms with Gasteiger partial charge in [0, 0.05) is 19.1 Å². The Bertz CT molecular complexity index is 324. The molecule has 116 valence electrons. The summed E-state index contributed by atoms with van der Waals surface area (Å²) in [6.45, 7) is 5.95. The van der Waals surface area contributed by atoms with Gasteiger partial charge in [-0.25, -0.2) is 0 Å². The van der Waals surface area contributed by atoms with Gasteiger partial charge >= 0.3 is 0 Å². The first kappa shape index (κ1) is 15.8. The van der Waals surface area contributed by atoms with E-state index < -0.39 is 5.54 Å². The lowest BCUT2D eigenvalue weighted by Crippen LogP contribution is -2.56. The Morgan fingerprint density at radius 2 is 2.00 bits per heavy atom. The summed E-state index contributed by atoms with van der Waals surface area (Å²) in [6, 6.07) is 0. The van der Waals surface area contributed by atoms with Gasteiger partial charge in [-0.05, 0) is 31.6 Å². The number of nitrogens with two attached hydrogens (primary N) is 1. The molecule has 1 saturated heterocycles. The lowest BCUT2D eigenvalue weighted by molar-refractivity contribution is -0.128. The van der Waals surface area contributed by atoms with Crippen molar-refractivity contribution in [2.75, 3.05) is 13.2 Å². The van der Waals surface area contributed by atoms with Crippen molar-refractivity contribution in [1.29, 1.82) is 0 Å². The molecule has 1 aliphatic heterocycles. The molecule has 1 saturated carbocycles. The van der Waals surface area contributed by atoms with E-state index in [9.17, 15) is 4.79 Å². The number of carbonyl (C=O) groups excluding carboxylic acids is 1. The molecule has 4 heteroatoms. The molecule has 2 unspecified atom stereocenters. The zero-order chi connectivity index (χ0) is 14.6. The molecule has 20 heavy (non-hydrogen) atoms. The smallest absolute Gasteiger partial charge is 0.240 e. The molecule has 0 spiro atoms. The highest BCUT2D eigenvalue weighted by atomic mass is 16.5. The molecule has 0 aromatic rings. The molecular weight excluding hydrogens is 252 g/mol. The van der Waals surface area contributed by atoms with Crippen LogP contribution in [0.2, 0.25) is 0 Å². The predicted octanol–water partition coefficient (Wildman–Crippen LogP) is 2.22. The van der Waals surface area contributed by atoms with E-state index in [1.165, 1.54) is 6.42 Å². The maximum atomic E-state index is 12.4. The fraction of sp³-hybridized carbons (Fsp3) is 0.938. The fourth-order valence-corrected chi connectivity index (χ4v) is 3.63. The molecule has 3 N–H and O–H groups in total. The van der Waals surface area contributed by atoms with Crippen LogP contribution in [0.3, 0.4) is 0 Å². The molecule has 2 atom stereocenters. The molecular formula is C16H30N2O2. The highest BCUT2D eigenvalue weighted by Gasteiger charge is 2.36. The van der Waals surface area contributed by atoms with E-state index in [2.05, 4.69) is 19.2 Å². The van der Waals surface area contributed by atoms with Crippen LogP contribution in [-0.4, -0.2) is 30.7 Å². The molecule has 0 aromatic heterocycles. The molecule has 2 rings (SSSR count). The lowest BCUT2D eigenvalue weighted by atomic mass is 9.81. The highest BCUT2D eigenvalue weighted by molar-refractivity contribution is 5.86. The van der Waals surface area contributed by atoms with Gasteiger partial charge in [-0.2, -0.15) is 0 Å². The average Bonchev–Trinajstić information content (AvgIpc) is 2.45. The van der Waals surface area contributed by atoms with Crippen LogP contribution in [0.4, 0.5) is 0 Å². The van der Waals surface area contributed by atoms with Gasteiger partial charge in [-0.1, -0.05) is 33.1 Å². The summed E-state index contributed by atoms with van der Waals surface area (Å²) >= 11 is 0. The van der Waals surface area contributed by atoms with E-state index >= 15 is 0 Å². The first-order valence-electron chi connectivity index (χ1n) is 8.22. The normalized spacial score (nSPS) is 30.2. The van der Waals surface area contributed by atoms with Crippen LogP contribution < -0.4 is 11.1 Å². The van der Waals surface area contributed by atoms with E-state index in [0.717, 1.165) is 45.1 Å². The van der Waals surface area contributed by atoms with Crippen molar-refractivity contribution >= 4 is 5.91 Å². The second kappa shape index (κ2) is 6.90. The van der Waals surface area contributed by atoms with Crippen molar-refractivity contribution in [1.82, 2.24) is 5.32 Å². The van der Waals surface area contributed by atoms with Crippen molar-refractivity contribution in [3.63, 3.8) is 0 Å². The molecule has 2 fully saturated rings. The molecule has 0 bridgehead atoms. The van der Waals surface area contributed by atoms with E-state index in [1.54, 1.807) is 0 Å². The Balaban J connectivity index is 1.85. The first-order valence-corrected chi connectivity index (χ1v) is 8.22. The summed E-state index contributed by atoms with van der Waals surface area (Å²) in [5.74, 6) is 0.976. The molecule has 2 aliphatic rings. The van der Waals surface area contributed by atoms with Crippen LogP contribution in [0.25, 0.3) is 0 Å². The third-order valence-electron chi connectivity index (χ3n) is 4.87. The molecule has 4 nitrogen and oxygen atoms in total. The van der Waals surface area contributed by atoms with E-state index in [1.807, 2.05) is 0 Å². The van der Waals surface area contributed by atoms with Crippen molar-refractivity contribution in [2.45, 2.75) is 70.4 Å². The summed E-state index contributed by atoms with van der Waals surface area (Å²) in [5.41, 5.74) is 5.65. The van der Waals surface area contributed by atoms with Crippen LogP contribution in [-0.2, 0) is 9.53 Å². The number of ether oxygens (including phenoxy) is 1. The minimum atomic E-state index is -0.624. The summed E-state index contributed by atoms with van der Waals surface area (Å²) in [4.78, 5) is 12.4. The zero-order valence-corrected chi connectivity index (χ0v) is 13.0. The Morgan fingerprint density at radius 1 is 1.30 bits per heavy atom. The number of carbonyl (C=O) groups is 1. The summed E-state index contributed by atoms with van der Waals surface area (Å²) < 4.78 is 5.87. The summed E-state index contributed by atoms with van der Waals surface area (Å²) in [5, 5.41) is 3.10. The quantitative estimate of drug-likeness (QED) is 0.831. The van der Waals surface area contributed by atoms with Gasteiger partial charge < -0.3 is 15.8 Å². The number of rotatable bonds is 4. The fourth-order valence-electron chi connectivity index (χ4n) is 3.63. The second-order valence-corrected chi connectivity index (χ2v) is 6.91. The van der Waals surface area contributed by atoms with Crippen molar-refractivity contribution in [3.8, 4) is 0 Å². The Morgan fingerprint density at radius 3 is 2.65 bits per heavy atom. The van der Waals surface area contributed by atoms with E-state index in [-0.39, 0.29) is 12.0 Å². The summed E-state index contributed by atoms with van der Waals surface area (Å²) in [7, 11) is 0. The van der Waals surface area contributed by atoms with Crippen molar-refractivity contribution < 1.29 is 9.53 Å². The number of nitrogens with one attached hydrogen (secondary N) is 1.